The van der Waals surface area contributed by atoms with E-state index in [1.807, 2.05) is 0 Å². The van der Waals surface area contributed by atoms with E-state index in [-0.39, 0.29) is 12.7 Å². The number of hydrogen-bond donors (Lipinski definition) is 2. The van der Waals surface area contributed by atoms with Gasteiger partial charge in [-0.2, -0.15) is 0 Å². The molecule has 7 nitrogen and oxygen atoms in total. The predicted octanol–water partition coefficient (Wildman–Crippen LogP) is 0.299. The molecule has 1 aromatic rings. The molecule has 0 radical (unpaired) electrons. The van der Waals surface area contributed by atoms with Gasteiger partial charge in [-0.25, -0.2) is 10.3 Å². The molecule has 0 aliphatic carbocycles. The molecule has 0 spiro atoms. The SMILES string of the molecule is C[C@H](ONC(=O)C1COC(=O)N1)c1ccncc1. The van der Waals surface area contributed by atoms with Gasteiger partial charge in [0.1, 0.15) is 18.8 Å². The van der Waals surface area contributed by atoms with Crippen molar-refractivity contribution in [2.75, 3.05) is 6.61 Å². The highest BCUT2D eigenvalue weighted by atomic mass is 16.7. The zero-order chi connectivity index (χ0) is 13.0. The Morgan fingerprint density at radius 3 is 2.94 bits per heavy atom. The molecule has 96 valence electrons. The second-order valence-electron chi connectivity index (χ2n) is 3.80. The summed E-state index contributed by atoms with van der Waals surface area (Å²) in [4.78, 5) is 31.4. The molecule has 2 heterocycles. The van der Waals surface area contributed by atoms with E-state index in [0.29, 0.717) is 0 Å². The van der Waals surface area contributed by atoms with Crippen LogP contribution in [0.3, 0.4) is 0 Å². The van der Waals surface area contributed by atoms with Gasteiger partial charge in [0, 0.05) is 12.4 Å². The average molecular weight is 251 g/mol. The quantitative estimate of drug-likeness (QED) is 0.751. The Hall–Kier alpha value is -2.15. The Bertz CT molecular complexity index is 437. The van der Waals surface area contributed by atoms with Crippen LogP contribution in [-0.2, 0) is 14.4 Å². The zero-order valence-corrected chi connectivity index (χ0v) is 9.75. The molecule has 1 fully saturated rings. The smallest absolute Gasteiger partial charge is 0.407 e. The van der Waals surface area contributed by atoms with Crippen molar-refractivity contribution < 1.29 is 19.2 Å². The molecular weight excluding hydrogens is 238 g/mol. The van der Waals surface area contributed by atoms with Crippen LogP contribution in [0.25, 0.3) is 0 Å². The van der Waals surface area contributed by atoms with Gasteiger partial charge in [-0.3, -0.25) is 14.6 Å². The Labute approximate surface area is 103 Å². The van der Waals surface area contributed by atoms with Crippen LogP contribution in [0.5, 0.6) is 0 Å². The number of carbonyl (C=O) groups is 2. The number of ether oxygens (including phenoxy) is 1. The summed E-state index contributed by atoms with van der Waals surface area (Å²) in [5.41, 5.74) is 3.18. The first-order chi connectivity index (χ1) is 8.66. The van der Waals surface area contributed by atoms with E-state index < -0.39 is 18.0 Å². The van der Waals surface area contributed by atoms with Crippen molar-refractivity contribution in [3.63, 3.8) is 0 Å². The van der Waals surface area contributed by atoms with Gasteiger partial charge in [-0.15, -0.1) is 0 Å². The monoisotopic (exact) mass is 251 g/mol. The predicted molar refractivity (Wildman–Crippen MR) is 60.2 cm³/mol. The minimum Gasteiger partial charge on any atom is -0.447 e. The summed E-state index contributed by atoms with van der Waals surface area (Å²) in [6, 6.07) is 2.87. The molecule has 1 aromatic heterocycles. The lowest BCUT2D eigenvalue weighted by Crippen LogP contribution is -2.43. The lowest BCUT2D eigenvalue weighted by molar-refractivity contribution is -0.139. The number of cyclic esters (lactones) is 1. The zero-order valence-electron chi connectivity index (χ0n) is 9.75. The number of pyridine rings is 1. The summed E-state index contributed by atoms with van der Waals surface area (Å²) >= 11 is 0. The van der Waals surface area contributed by atoms with Gasteiger partial charge >= 0.3 is 6.09 Å². The number of amides is 2. The van der Waals surface area contributed by atoms with Gasteiger partial charge in [0.05, 0.1) is 0 Å². The Balaban J connectivity index is 1.81. The van der Waals surface area contributed by atoms with Gasteiger partial charge in [-0.1, -0.05) is 0 Å². The number of rotatable bonds is 4. The summed E-state index contributed by atoms with van der Waals surface area (Å²) in [5.74, 6) is -0.443. The van der Waals surface area contributed by atoms with Crippen molar-refractivity contribution in [2.24, 2.45) is 0 Å². The van der Waals surface area contributed by atoms with E-state index in [2.05, 4.69) is 20.5 Å². The van der Waals surface area contributed by atoms with Crippen molar-refractivity contribution in [1.82, 2.24) is 15.8 Å². The maximum absolute atomic E-state index is 11.6. The highest BCUT2D eigenvalue weighted by molar-refractivity contribution is 5.87. The Kier molecular flexibility index (Phi) is 3.73. The molecule has 1 aliphatic rings. The molecule has 1 unspecified atom stereocenters. The molecule has 2 N–H and O–H groups in total. The van der Waals surface area contributed by atoms with E-state index in [1.54, 1.807) is 31.5 Å². The maximum atomic E-state index is 11.6. The van der Waals surface area contributed by atoms with Crippen molar-refractivity contribution in [3.05, 3.63) is 30.1 Å². The first kappa shape index (κ1) is 12.3. The molecular formula is C11H13N3O4. The number of nitrogens with one attached hydrogen (secondary N) is 2. The Morgan fingerprint density at radius 2 is 2.33 bits per heavy atom. The number of hydroxylamine groups is 1. The lowest BCUT2D eigenvalue weighted by Gasteiger charge is -2.14. The van der Waals surface area contributed by atoms with Gasteiger partial charge in [0.15, 0.2) is 0 Å². The van der Waals surface area contributed by atoms with Crippen LogP contribution in [0.2, 0.25) is 0 Å². The van der Waals surface area contributed by atoms with Crippen molar-refractivity contribution in [1.29, 1.82) is 0 Å². The number of aromatic nitrogens is 1. The third-order valence-electron chi connectivity index (χ3n) is 2.50. The molecule has 18 heavy (non-hydrogen) atoms. The fraction of sp³-hybridized carbons (Fsp3) is 0.364. The number of hydrogen-bond acceptors (Lipinski definition) is 5. The van der Waals surface area contributed by atoms with Crippen LogP contribution in [0.4, 0.5) is 4.79 Å². The molecule has 7 heteroatoms. The molecule has 1 aliphatic heterocycles. The van der Waals surface area contributed by atoms with E-state index in [0.717, 1.165) is 5.56 Å². The summed E-state index contributed by atoms with van der Waals surface area (Å²) in [7, 11) is 0. The Morgan fingerprint density at radius 1 is 1.61 bits per heavy atom. The normalized spacial score (nSPS) is 19.8. The van der Waals surface area contributed by atoms with Gasteiger partial charge in [-0.05, 0) is 24.6 Å². The van der Waals surface area contributed by atoms with Crippen LogP contribution in [0.15, 0.2) is 24.5 Å². The van der Waals surface area contributed by atoms with E-state index in [1.165, 1.54) is 0 Å². The highest BCUT2D eigenvalue weighted by Crippen LogP contribution is 2.13. The minimum atomic E-state index is -0.706. The summed E-state index contributed by atoms with van der Waals surface area (Å²) in [6.07, 6.45) is 2.37. The van der Waals surface area contributed by atoms with Crippen LogP contribution in [-0.4, -0.2) is 29.6 Å². The molecule has 1 saturated heterocycles. The van der Waals surface area contributed by atoms with Crippen molar-refractivity contribution in [3.8, 4) is 0 Å². The molecule has 0 aromatic carbocycles. The summed E-state index contributed by atoms with van der Waals surface area (Å²) < 4.78 is 4.60. The molecule has 0 saturated carbocycles. The second-order valence-corrected chi connectivity index (χ2v) is 3.80. The van der Waals surface area contributed by atoms with Crippen molar-refractivity contribution in [2.45, 2.75) is 19.1 Å². The van der Waals surface area contributed by atoms with Crippen LogP contribution < -0.4 is 10.8 Å². The summed E-state index contributed by atoms with van der Waals surface area (Å²) in [6.45, 7) is 1.80. The molecule has 2 atom stereocenters. The van der Waals surface area contributed by atoms with Crippen LogP contribution >= 0.6 is 0 Å². The topological polar surface area (TPSA) is 89.5 Å². The molecule has 0 bridgehead atoms. The number of alkyl carbamates (subject to hydrolysis) is 1. The van der Waals surface area contributed by atoms with E-state index >= 15 is 0 Å². The minimum absolute atomic E-state index is 0.0116. The fourth-order valence-corrected chi connectivity index (χ4v) is 1.45. The van der Waals surface area contributed by atoms with Crippen molar-refractivity contribution >= 4 is 12.0 Å². The fourth-order valence-electron chi connectivity index (χ4n) is 1.45. The average Bonchev–Trinajstić information content (AvgIpc) is 2.83. The standard InChI is InChI=1S/C11H13N3O4/c1-7(8-2-4-12-5-3-8)18-14-10(15)9-6-17-11(16)13-9/h2-5,7,9H,6H2,1H3,(H,13,16)(H,14,15)/t7-,9?/m0/s1. The summed E-state index contributed by atoms with van der Waals surface area (Å²) in [5, 5.41) is 2.35. The highest BCUT2D eigenvalue weighted by Gasteiger charge is 2.29. The third-order valence-corrected chi connectivity index (χ3v) is 2.50. The van der Waals surface area contributed by atoms with Gasteiger partial charge < -0.3 is 10.1 Å². The first-order valence-corrected chi connectivity index (χ1v) is 5.45. The van der Waals surface area contributed by atoms with E-state index in [9.17, 15) is 9.59 Å². The van der Waals surface area contributed by atoms with Gasteiger partial charge in [0.2, 0.25) is 0 Å². The van der Waals surface area contributed by atoms with Gasteiger partial charge in [0.25, 0.3) is 5.91 Å². The molecule has 2 amide bonds. The maximum Gasteiger partial charge on any atom is 0.407 e. The third kappa shape index (κ3) is 2.95. The lowest BCUT2D eigenvalue weighted by atomic mass is 10.2. The molecule has 2 rings (SSSR count). The largest absolute Gasteiger partial charge is 0.447 e. The number of nitrogens with zero attached hydrogens (tertiary/aromatic N) is 1. The second kappa shape index (κ2) is 5.46. The van der Waals surface area contributed by atoms with Crippen LogP contribution in [0.1, 0.15) is 18.6 Å². The number of carbonyl (C=O) groups excluding carboxylic acids is 2. The van der Waals surface area contributed by atoms with Crippen LogP contribution in [0, 0.1) is 0 Å². The van der Waals surface area contributed by atoms with E-state index in [4.69, 9.17) is 4.84 Å². The first-order valence-electron chi connectivity index (χ1n) is 5.45.